The van der Waals surface area contributed by atoms with Gasteiger partial charge in [0.2, 0.25) is 0 Å². The molecule has 1 saturated heterocycles. The lowest BCUT2D eigenvalue weighted by Crippen LogP contribution is -2.31. The summed E-state index contributed by atoms with van der Waals surface area (Å²) in [5.74, 6) is 1.73. The summed E-state index contributed by atoms with van der Waals surface area (Å²) in [7, 11) is 1.72. The molecule has 3 heterocycles. The molecule has 0 unspecified atom stereocenters. The van der Waals surface area contributed by atoms with Crippen molar-refractivity contribution in [1.29, 1.82) is 0 Å². The first-order chi connectivity index (χ1) is 13.8. The first-order valence-corrected chi connectivity index (χ1v) is 9.81. The molecule has 2 atom stereocenters. The number of hydrogen-bond donors (Lipinski definition) is 1. The number of rotatable bonds is 7. The summed E-state index contributed by atoms with van der Waals surface area (Å²) in [4.78, 5) is 6.73. The van der Waals surface area contributed by atoms with Crippen LogP contribution in [0.4, 0.5) is 0 Å². The molecular formula is C22H23N3O2S. The van der Waals surface area contributed by atoms with E-state index in [0.717, 1.165) is 40.9 Å². The summed E-state index contributed by atoms with van der Waals surface area (Å²) in [5, 5.41) is 4.16. The first kappa shape index (κ1) is 18.7. The van der Waals surface area contributed by atoms with Crippen LogP contribution >= 0.6 is 12.2 Å². The average molecular weight is 394 g/mol. The second kappa shape index (κ2) is 8.54. The molecule has 0 bridgehead atoms. The molecule has 0 saturated carbocycles. The Labute approximate surface area is 170 Å². The average Bonchev–Trinajstić information content (AvgIpc) is 3.35. The second-order valence-corrected chi connectivity index (χ2v) is 7.12. The van der Waals surface area contributed by atoms with E-state index in [1.54, 1.807) is 7.11 Å². The molecule has 1 aromatic carbocycles. The highest BCUT2D eigenvalue weighted by Crippen LogP contribution is 2.40. The second-order valence-electron chi connectivity index (χ2n) is 6.73. The predicted molar refractivity (Wildman–Crippen MR) is 113 cm³/mol. The summed E-state index contributed by atoms with van der Waals surface area (Å²) in [5.41, 5.74) is 2.00. The highest BCUT2D eigenvalue weighted by Gasteiger charge is 2.41. The maximum Gasteiger partial charge on any atom is 0.170 e. The number of nitrogens with one attached hydrogen (secondary N) is 1. The smallest absolute Gasteiger partial charge is 0.170 e. The van der Waals surface area contributed by atoms with Gasteiger partial charge in [0.1, 0.15) is 17.6 Å². The zero-order valence-corrected chi connectivity index (χ0v) is 16.6. The molecule has 1 fully saturated rings. The Balaban J connectivity index is 1.68. The third-order valence-electron chi connectivity index (χ3n) is 4.92. The zero-order chi connectivity index (χ0) is 19.3. The van der Waals surface area contributed by atoms with Gasteiger partial charge in [0.15, 0.2) is 5.11 Å². The molecule has 1 aliphatic heterocycles. The Hall–Kier alpha value is -2.70. The van der Waals surface area contributed by atoms with E-state index in [-0.39, 0.29) is 12.1 Å². The number of nitrogens with zero attached hydrogens (tertiary/aromatic N) is 2. The van der Waals surface area contributed by atoms with Crippen LogP contribution in [0.15, 0.2) is 71.3 Å². The molecule has 3 aromatic rings. The van der Waals surface area contributed by atoms with Crippen LogP contribution in [0.1, 0.15) is 30.0 Å². The number of pyridine rings is 1. The summed E-state index contributed by atoms with van der Waals surface area (Å²) in [6.07, 6.45) is 2.69. The van der Waals surface area contributed by atoms with Crippen LogP contribution < -0.4 is 5.32 Å². The fourth-order valence-electron chi connectivity index (χ4n) is 3.60. The molecule has 0 aliphatic carbocycles. The van der Waals surface area contributed by atoms with Gasteiger partial charge in [0, 0.05) is 32.0 Å². The minimum absolute atomic E-state index is 0.0586. The Morgan fingerprint density at radius 2 is 1.93 bits per heavy atom. The summed E-state index contributed by atoms with van der Waals surface area (Å²) < 4.78 is 11.5. The van der Waals surface area contributed by atoms with Gasteiger partial charge in [-0.15, -0.1) is 0 Å². The Morgan fingerprint density at radius 3 is 2.68 bits per heavy atom. The Kier molecular flexibility index (Phi) is 5.69. The molecule has 1 aliphatic rings. The topological polar surface area (TPSA) is 50.5 Å². The highest BCUT2D eigenvalue weighted by molar-refractivity contribution is 7.80. The minimum atomic E-state index is -0.0639. The SMILES string of the molecule is COCCCN1C(=S)N[C@@H](c2ccccn2)[C@@H]1c1ccc(-c2ccccc2)o1. The van der Waals surface area contributed by atoms with Gasteiger partial charge in [0.05, 0.1) is 11.7 Å². The Morgan fingerprint density at radius 1 is 1.11 bits per heavy atom. The Bertz CT molecular complexity index is 914. The lowest BCUT2D eigenvalue weighted by molar-refractivity contribution is 0.177. The van der Waals surface area contributed by atoms with Crippen molar-refractivity contribution in [1.82, 2.24) is 15.2 Å². The number of methoxy groups -OCH3 is 1. The molecule has 1 N–H and O–H groups in total. The van der Waals surface area contributed by atoms with Crippen molar-refractivity contribution < 1.29 is 9.15 Å². The molecular weight excluding hydrogens is 370 g/mol. The summed E-state index contributed by atoms with van der Waals surface area (Å²) in [6.45, 7) is 1.47. The molecule has 5 nitrogen and oxygen atoms in total. The van der Waals surface area contributed by atoms with Crippen LogP contribution in [0, 0.1) is 0 Å². The van der Waals surface area contributed by atoms with E-state index in [4.69, 9.17) is 21.4 Å². The molecule has 6 heteroatoms. The summed E-state index contributed by atoms with van der Waals surface area (Å²) in [6, 6.07) is 20.0. The number of ether oxygens (including phenoxy) is 1. The van der Waals surface area contributed by atoms with E-state index in [1.807, 2.05) is 66.9 Å². The van der Waals surface area contributed by atoms with Crippen molar-refractivity contribution >= 4 is 17.3 Å². The fourth-order valence-corrected chi connectivity index (χ4v) is 3.94. The van der Waals surface area contributed by atoms with Crippen LogP contribution in [0.3, 0.4) is 0 Å². The standard InChI is InChI=1S/C22H23N3O2S/c1-26-15-7-14-25-21(20(24-22(25)28)17-10-5-6-13-23-17)19-12-11-18(27-19)16-8-3-2-4-9-16/h2-6,8-13,20-21H,7,14-15H2,1H3,(H,24,28)/t20-,21-/m0/s1. The largest absolute Gasteiger partial charge is 0.459 e. The number of benzene rings is 1. The van der Waals surface area contributed by atoms with Crippen molar-refractivity contribution in [2.75, 3.05) is 20.3 Å². The van der Waals surface area contributed by atoms with Gasteiger partial charge in [-0.1, -0.05) is 36.4 Å². The maximum absolute atomic E-state index is 6.29. The van der Waals surface area contributed by atoms with Crippen LogP contribution in [0.2, 0.25) is 0 Å². The van der Waals surface area contributed by atoms with Gasteiger partial charge >= 0.3 is 0 Å². The lowest BCUT2D eigenvalue weighted by Gasteiger charge is -2.25. The van der Waals surface area contributed by atoms with E-state index in [2.05, 4.69) is 15.2 Å². The molecule has 2 aromatic heterocycles. The van der Waals surface area contributed by atoms with Gasteiger partial charge in [-0.05, 0) is 42.9 Å². The zero-order valence-electron chi connectivity index (χ0n) is 15.7. The van der Waals surface area contributed by atoms with Gasteiger partial charge in [-0.25, -0.2) is 0 Å². The van der Waals surface area contributed by atoms with Crippen molar-refractivity contribution in [3.8, 4) is 11.3 Å². The fraction of sp³-hybridized carbons (Fsp3) is 0.273. The minimum Gasteiger partial charge on any atom is -0.459 e. The number of aromatic nitrogens is 1. The third kappa shape index (κ3) is 3.79. The van der Waals surface area contributed by atoms with Gasteiger partial charge < -0.3 is 19.4 Å². The van der Waals surface area contributed by atoms with Crippen molar-refractivity contribution in [2.24, 2.45) is 0 Å². The van der Waals surface area contributed by atoms with Gasteiger partial charge in [-0.2, -0.15) is 0 Å². The number of hydrogen-bond acceptors (Lipinski definition) is 4. The van der Waals surface area contributed by atoms with E-state index >= 15 is 0 Å². The molecule has 28 heavy (non-hydrogen) atoms. The lowest BCUT2D eigenvalue weighted by atomic mass is 10.0. The number of furan rings is 1. The normalized spacial score (nSPS) is 19.0. The van der Waals surface area contributed by atoms with E-state index in [0.29, 0.717) is 6.61 Å². The molecule has 0 amide bonds. The van der Waals surface area contributed by atoms with Crippen LogP contribution in [0.25, 0.3) is 11.3 Å². The first-order valence-electron chi connectivity index (χ1n) is 9.40. The third-order valence-corrected chi connectivity index (χ3v) is 5.27. The van der Waals surface area contributed by atoms with E-state index in [1.165, 1.54) is 0 Å². The molecule has 0 radical (unpaired) electrons. The molecule has 144 valence electrons. The van der Waals surface area contributed by atoms with Gasteiger partial charge in [-0.3, -0.25) is 4.98 Å². The molecule has 0 spiro atoms. The molecule has 4 rings (SSSR count). The van der Waals surface area contributed by atoms with Crippen molar-refractivity contribution in [3.05, 3.63) is 78.3 Å². The van der Waals surface area contributed by atoms with E-state index < -0.39 is 0 Å². The van der Waals surface area contributed by atoms with Crippen molar-refractivity contribution in [3.63, 3.8) is 0 Å². The predicted octanol–water partition coefficient (Wildman–Crippen LogP) is 4.35. The maximum atomic E-state index is 6.29. The van der Waals surface area contributed by atoms with Crippen LogP contribution in [-0.2, 0) is 4.74 Å². The summed E-state index contributed by atoms with van der Waals surface area (Å²) >= 11 is 5.65. The quantitative estimate of drug-likeness (QED) is 0.476. The monoisotopic (exact) mass is 393 g/mol. The van der Waals surface area contributed by atoms with Crippen LogP contribution in [-0.4, -0.2) is 35.3 Å². The van der Waals surface area contributed by atoms with Crippen molar-refractivity contribution in [2.45, 2.75) is 18.5 Å². The van der Waals surface area contributed by atoms with E-state index in [9.17, 15) is 0 Å². The van der Waals surface area contributed by atoms with Gasteiger partial charge in [0.25, 0.3) is 0 Å². The van der Waals surface area contributed by atoms with Crippen LogP contribution in [0.5, 0.6) is 0 Å². The highest BCUT2D eigenvalue weighted by atomic mass is 32.1. The number of thiocarbonyl (C=S) groups is 1.